The molecule has 0 saturated carbocycles. The van der Waals surface area contributed by atoms with E-state index >= 15 is 0 Å². The van der Waals surface area contributed by atoms with Crippen LogP contribution in [0.3, 0.4) is 0 Å². The summed E-state index contributed by atoms with van der Waals surface area (Å²) in [4.78, 5) is 0. The van der Waals surface area contributed by atoms with E-state index in [1.807, 2.05) is 0 Å². The van der Waals surface area contributed by atoms with Gasteiger partial charge in [0.25, 0.3) is 0 Å². The van der Waals surface area contributed by atoms with Crippen molar-refractivity contribution in [2.24, 2.45) is 0 Å². The van der Waals surface area contributed by atoms with Gasteiger partial charge in [-0.15, -0.1) is 0 Å². The molecule has 1 nitrogen and oxygen atoms in total. The smallest absolute Gasteiger partial charge is 0.0506 e. The normalized spacial score (nSPS) is 10.6. The predicted octanol–water partition coefficient (Wildman–Crippen LogP) is 3.89. The molecule has 0 atom stereocenters. The fourth-order valence-corrected chi connectivity index (χ4v) is 2.06. The molecule has 1 aromatic rings. The van der Waals surface area contributed by atoms with Crippen molar-refractivity contribution in [1.82, 2.24) is 0 Å². The monoisotopic (exact) mass is 212 g/mol. The highest BCUT2D eigenvalue weighted by Crippen LogP contribution is 2.06. The van der Waals surface area contributed by atoms with Gasteiger partial charge in [0, 0.05) is 6.61 Å². The van der Waals surface area contributed by atoms with E-state index in [1.165, 1.54) is 31.2 Å². The summed E-state index contributed by atoms with van der Waals surface area (Å²) in [5.74, 6) is 0. The van der Waals surface area contributed by atoms with Crippen LogP contribution in [0.1, 0.15) is 38.2 Å². The van der Waals surface area contributed by atoms with Gasteiger partial charge < -0.3 is 4.74 Å². The third kappa shape index (κ3) is 5.40. The molecule has 1 heterocycles. The molecule has 1 rings (SSSR count). The van der Waals surface area contributed by atoms with Crippen LogP contribution in [0.15, 0.2) is 16.8 Å². The molecule has 0 spiro atoms. The van der Waals surface area contributed by atoms with Crippen LogP contribution in [0.2, 0.25) is 0 Å². The number of ether oxygens (including phenoxy) is 1. The van der Waals surface area contributed by atoms with E-state index < -0.39 is 0 Å². The summed E-state index contributed by atoms with van der Waals surface area (Å²) < 4.78 is 5.56. The van der Waals surface area contributed by atoms with Crippen molar-refractivity contribution in [3.63, 3.8) is 0 Å². The van der Waals surface area contributed by atoms with Crippen LogP contribution >= 0.6 is 11.3 Å². The Labute approximate surface area is 91.1 Å². The van der Waals surface area contributed by atoms with E-state index in [-0.39, 0.29) is 0 Å². The standard InChI is InChI=1S/C12H20OS/c1-2-3-4-5-8-13-9-6-12-7-10-14-11-12/h7,10-11H,2-6,8-9H2,1H3. The molecule has 0 bridgehead atoms. The molecule has 0 aromatic carbocycles. The van der Waals surface area contributed by atoms with Crippen LogP contribution in [0.25, 0.3) is 0 Å². The first-order chi connectivity index (χ1) is 6.93. The van der Waals surface area contributed by atoms with Gasteiger partial charge in [-0.05, 0) is 35.2 Å². The van der Waals surface area contributed by atoms with Crippen LogP contribution in [0, 0.1) is 0 Å². The second-order valence-corrected chi connectivity index (χ2v) is 4.33. The fraction of sp³-hybridized carbons (Fsp3) is 0.667. The van der Waals surface area contributed by atoms with Gasteiger partial charge in [-0.3, -0.25) is 0 Å². The summed E-state index contributed by atoms with van der Waals surface area (Å²) in [5.41, 5.74) is 1.41. The lowest BCUT2D eigenvalue weighted by Crippen LogP contribution is -1.99. The Bertz CT molecular complexity index is 206. The van der Waals surface area contributed by atoms with Gasteiger partial charge in [-0.1, -0.05) is 26.2 Å². The molecule has 0 saturated heterocycles. The molecule has 1 aromatic heterocycles. The van der Waals surface area contributed by atoms with Crippen LogP contribution in [0.4, 0.5) is 0 Å². The highest BCUT2D eigenvalue weighted by molar-refractivity contribution is 7.07. The van der Waals surface area contributed by atoms with Gasteiger partial charge in [-0.2, -0.15) is 11.3 Å². The maximum Gasteiger partial charge on any atom is 0.0506 e. The molecular formula is C12H20OS. The third-order valence-electron chi connectivity index (χ3n) is 2.26. The summed E-state index contributed by atoms with van der Waals surface area (Å²) in [7, 11) is 0. The first-order valence-electron chi connectivity index (χ1n) is 5.52. The van der Waals surface area contributed by atoms with E-state index in [0.29, 0.717) is 0 Å². The van der Waals surface area contributed by atoms with E-state index in [4.69, 9.17) is 4.74 Å². The van der Waals surface area contributed by atoms with E-state index in [1.54, 1.807) is 11.3 Å². The molecule has 2 heteroatoms. The third-order valence-corrected chi connectivity index (χ3v) is 2.99. The number of hydrogen-bond donors (Lipinski definition) is 0. The maximum absolute atomic E-state index is 5.56. The van der Waals surface area contributed by atoms with Crippen molar-refractivity contribution >= 4 is 11.3 Å². The van der Waals surface area contributed by atoms with Gasteiger partial charge in [0.15, 0.2) is 0 Å². The van der Waals surface area contributed by atoms with Crippen LogP contribution in [-0.4, -0.2) is 13.2 Å². The lowest BCUT2D eigenvalue weighted by atomic mass is 10.2. The zero-order valence-electron chi connectivity index (χ0n) is 9.00. The molecular weight excluding hydrogens is 192 g/mol. The van der Waals surface area contributed by atoms with Crippen LogP contribution < -0.4 is 0 Å². The minimum absolute atomic E-state index is 0.878. The van der Waals surface area contributed by atoms with Crippen molar-refractivity contribution in [2.75, 3.05) is 13.2 Å². The average molecular weight is 212 g/mol. The Hall–Kier alpha value is -0.340. The largest absolute Gasteiger partial charge is 0.381 e. The summed E-state index contributed by atoms with van der Waals surface area (Å²) >= 11 is 1.76. The fourth-order valence-electron chi connectivity index (χ4n) is 1.36. The topological polar surface area (TPSA) is 9.23 Å². The Morgan fingerprint density at radius 1 is 1.21 bits per heavy atom. The summed E-state index contributed by atoms with van der Waals surface area (Å²) in [6, 6.07) is 2.17. The van der Waals surface area contributed by atoms with Gasteiger partial charge in [0.1, 0.15) is 0 Å². The lowest BCUT2D eigenvalue weighted by molar-refractivity contribution is 0.133. The molecule has 0 unspecified atom stereocenters. The number of rotatable bonds is 8. The van der Waals surface area contributed by atoms with Crippen LogP contribution in [-0.2, 0) is 11.2 Å². The predicted molar refractivity (Wildman–Crippen MR) is 63.0 cm³/mol. The summed E-state index contributed by atoms with van der Waals surface area (Å²) in [6.07, 6.45) is 6.24. The van der Waals surface area contributed by atoms with Crippen molar-refractivity contribution in [3.05, 3.63) is 22.4 Å². The Kier molecular flexibility index (Phi) is 6.71. The molecule has 0 radical (unpaired) electrons. The molecule has 0 aliphatic carbocycles. The van der Waals surface area contributed by atoms with Crippen molar-refractivity contribution in [1.29, 1.82) is 0 Å². The molecule has 14 heavy (non-hydrogen) atoms. The molecule has 0 fully saturated rings. The quantitative estimate of drug-likeness (QED) is 0.594. The maximum atomic E-state index is 5.56. The summed E-state index contributed by atoms with van der Waals surface area (Å²) in [5, 5.41) is 4.32. The molecule has 80 valence electrons. The van der Waals surface area contributed by atoms with Gasteiger partial charge in [-0.25, -0.2) is 0 Å². The van der Waals surface area contributed by atoms with E-state index in [2.05, 4.69) is 23.8 Å². The zero-order valence-corrected chi connectivity index (χ0v) is 9.81. The Balaban J connectivity index is 1.85. The summed E-state index contributed by atoms with van der Waals surface area (Å²) in [6.45, 7) is 4.05. The average Bonchev–Trinajstić information content (AvgIpc) is 2.69. The second-order valence-electron chi connectivity index (χ2n) is 3.55. The molecule has 0 amide bonds. The minimum atomic E-state index is 0.878. The number of thiophene rings is 1. The van der Waals surface area contributed by atoms with E-state index in [0.717, 1.165) is 19.6 Å². The first-order valence-corrected chi connectivity index (χ1v) is 6.46. The highest BCUT2D eigenvalue weighted by Gasteiger charge is 1.93. The zero-order chi connectivity index (χ0) is 10.1. The Morgan fingerprint density at radius 2 is 2.14 bits per heavy atom. The van der Waals surface area contributed by atoms with E-state index in [9.17, 15) is 0 Å². The Morgan fingerprint density at radius 3 is 2.86 bits per heavy atom. The molecule has 0 aliphatic heterocycles. The van der Waals surface area contributed by atoms with Gasteiger partial charge >= 0.3 is 0 Å². The van der Waals surface area contributed by atoms with Crippen molar-refractivity contribution in [3.8, 4) is 0 Å². The van der Waals surface area contributed by atoms with Crippen molar-refractivity contribution < 1.29 is 4.74 Å². The first kappa shape index (κ1) is 11.7. The SMILES string of the molecule is CCCCCCOCCc1ccsc1. The lowest BCUT2D eigenvalue weighted by Gasteiger charge is -2.02. The molecule has 0 N–H and O–H groups in total. The van der Waals surface area contributed by atoms with Gasteiger partial charge in [0.2, 0.25) is 0 Å². The van der Waals surface area contributed by atoms with Crippen molar-refractivity contribution in [2.45, 2.75) is 39.0 Å². The highest BCUT2D eigenvalue weighted by atomic mass is 32.1. The number of unbranched alkanes of at least 4 members (excludes halogenated alkanes) is 3. The number of hydrogen-bond acceptors (Lipinski definition) is 2. The molecule has 0 aliphatic rings. The second kappa shape index (κ2) is 8.01. The minimum Gasteiger partial charge on any atom is -0.381 e. The van der Waals surface area contributed by atoms with Crippen LogP contribution in [0.5, 0.6) is 0 Å². The van der Waals surface area contributed by atoms with Gasteiger partial charge in [0.05, 0.1) is 6.61 Å².